The van der Waals surface area contributed by atoms with Crippen LogP contribution in [0.2, 0.25) is 0 Å². The number of para-hydroxylation sites is 2. The second-order valence-corrected chi connectivity index (χ2v) is 7.94. The largest absolute Gasteiger partial charge is 0.423 e. The first-order valence-corrected chi connectivity index (χ1v) is 9.56. The highest BCUT2D eigenvalue weighted by atomic mass is 32.2. The second kappa shape index (κ2) is 6.54. The summed E-state index contributed by atoms with van der Waals surface area (Å²) < 4.78 is 72.3. The van der Waals surface area contributed by atoms with Crippen molar-refractivity contribution in [2.75, 3.05) is 31.1 Å². The van der Waals surface area contributed by atoms with Crippen LogP contribution in [0.3, 0.4) is 0 Å². The summed E-state index contributed by atoms with van der Waals surface area (Å²) in [4.78, 5) is 5.25. The predicted octanol–water partition coefficient (Wildman–Crippen LogP) is 2.76. The summed E-state index contributed by atoms with van der Waals surface area (Å²) in [5.41, 5.74) is 1.30. The number of halogens is 3. The molecule has 1 aliphatic rings. The third-order valence-electron chi connectivity index (χ3n) is 4.41. The zero-order chi connectivity index (χ0) is 19.2. The van der Waals surface area contributed by atoms with Crippen molar-refractivity contribution in [3.8, 4) is 0 Å². The summed E-state index contributed by atoms with van der Waals surface area (Å²) >= 11 is 0. The molecule has 0 aliphatic carbocycles. The maximum atomic E-state index is 13.9. The van der Waals surface area contributed by atoms with Crippen molar-refractivity contribution >= 4 is 27.1 Å². The molecule has 0 bridgehead atoms. The average Bonchev–Trinajstić information content (AvgIpc) is 3.10. The van der Waals surface area contributed by atoms with E-state index in [1.807, 2.05) is 12.1 Å². The first-order chi connectivity index (χ1) is 12.9. The van der Waals surface area contributed by atoms with Crippen molar-refractivity contribution in [2.45, 2.75) is 4.90 Å². The highest BCUT2D eigenvalue weighted by Crippen LogP contribution is 2.26. The van der Waals surface area contributed by atoms with Gasteiger partial charge in [0.05, 0.1) is 0 Å². The maximum Gasteiger partial charge on any atom is 0.298 e. The summed E-state index contributed by atoms with van der Waals surface area (Å²) in [5, 5.41) is 0. The van der Waals surface area contributed by atoms with Crippen LogP contribution in [-0.4, -0.2) is 43.9 Å². The van der Waals surface area contributed by atoms with E-state index < -0.39 is 32.4 Å². The molecule has 3 aromatic rings. The molecule has 1 aliphatic heterocycles. The summed E-state index contributed by atoms with van der Waals surface area (Å²) in [5.74, 6) is -4.95. The summed E-state index contributed by atoms with van der Waals surface area (Å²) in [7, 11) is -4.29. The molecule has 4 rings (SSSR count). The van der Waals surface area contributed by atoms with E-state index in [0.29, 0.717) is 23.2 Å². The van der Waals surface area contributed by atoms with Crippen molar-refractivity contribution in [1.82, 2.24) is 9.29 Å². The number of anilines is 1. The van der Waals surface area contributed by atoms with Crippen molar-refractivity contribution in [2.24, 2.45) is 0 Å². The van der Waals surface area contributed by atoms with Crippen LogP contribution in [0.4, 0.5) is 19.2 Å². The molecule has 0 atom stereocenters. The highest BCUT2D eigenvalue weighted by molar-refractivity contribution is 7.89. The Morgan fingerprint density at radius 3 is 2.33 bits per heavy atom. The van der Waals surface area contributed by atoms with Crippen molar-refractivity contribution < 1.29 is 26.0 Å². The minimum Gasteiger partial charge on any atom is -0.423 e. The Morgan fingerprint density at radius 2 is 1.63 bits per heavy atom. The Hall–Kier alpha value is -2.59. The van der Waals surface area contributed by atoms with Gasteiger partial charge in [0.25, 0.3) is 6.01 Å². The number of oxazole rings is 1. The van der Waals surface area contributed by atoms with Gasteiger partial charge in [0.2, 0.25) is 10.0 Å². The molecular formula is C17H14F3N3O3S. The van der Waals surface area contributed by atoms with Gasteiger partial charge in [-0.2, -0.15) is 9.29 Å². The lowest BCUT2D eigenvalue weighted by molar-refractivity contribution is 0.368. The summed E-state index contributed by atoms with van der Waals surface area (Å²) in [6.45, 7) is 0.577. The van der Waals surface area contributed by atoms with Gasteiger partial charge < -0.3 is 9.32 Å². The van der Waals surface area contributed by atoms with Gasteiger partial charge in [0.1, 0.15) is 10.4 Å². The van der Waals surface area contributed by atoms with Crippen molar-refractivity contribution in [3.63, 3.8) is 0 Å². The fraction of sp³-hybridized carbons (Fsp3) is 0.235. The number of rotatable bonds is 3. The van der Waals surface area contributed by atoms with E-state index >= 15 is 0 Å². The van der Waals surface area contributed by atoms with Gasteiger partial charge in [0.15, 0.2) is 23.0 Å². The molecule has 2 heterocycles. The van der Waals surface area contributed by atoms with Gasteiger partial charge in [0, 0.05) is 26.2 Å². The van der Waals surface area contributed by atoms with Crippen molar-refractivity contribution in [3.05, 3.63) is 53.8 Å². The molecule has 0 spiro atoms. The molecule has 0 unspecified atom stereocenters. The van der Waals surface area contributed by atoms with E-state index in [4.69, 9.17) is 4.42 Å². The van der Waals surface area contributed by atoms with E-state index in [-0.39, 0.29) is 26.2 Å². The van der Waals surface area contributed by atoms with Crippen LogP contribution in [-0.2, 0) is 10.0 Å². The Kier molecular flexibility index (Phi) is 4.31. The average molecular weight is 397 g/mol. The standard InChI is InChI=1S/C17H14F3N3O3S/c18-11-5-6-14(16(20)15(11)19)27(24,25)23-9-7-22(8-10-23)17-21-12-3-1-2-4-13(12)26-17/h1-6H,7-10H2. The van der Waals surface area contributed by atoms with Gasteiger partial charge in [-0.3, -0.25) is 0 Å². The normalized spacial score (nSPS) is 16.2. The third kappa shape index (κ3) is 3.04. The number of piperazine rings is 1. The Morgan fingerprint density at radius 1 is 0.926 bits per heavy atom. The Bertz CT molecular complexity index is 1080. The van der Waals surface area contributed by atoms with Crippen LogP contribution in [0.15, 0.2) is 45.7 Å². The van der Waals surface area contributed by atoms with E-state index in [9.17, 15) is 21.6 Å². The lowest BCUT2D eigenvalue weighted by Gasteiger charge is -2.33. The second-order valence-electron chi connectivity index (χ2n) is 6.03. The molecule has 6 nitrogen and oxygen atoms in total. The van der Waals surface area contributed by atoms with Crippen LogP contribution in [0.1, 0.15) is 0 Å². The number of hydrogen-bond acceptors (Lipinski definition) is 5. The van der Waals surface area contributed by atoms with Crippen LogP contribution in [0, 0.1) is 17.5 Å². The molecule has 1 aromatic heterocycles. The Balaban J connectivity index is 1.54. The fourth-order valence-electron chi connectivity index (χ4n) is 2.96. The number of fused-ring (bicyclic) bond motifs is 1. The summed E-state index contributed by atoms with van der Waals surface area (Å²) in [6, 6.07) is 8.92. The SMILES string of the molecule is O=S(=O)(c1ccc(F)c(F)c1F)N1CCN(c2nc3ccccc3o2)CC1. The van der Waals surface area contributed by atoms with E-state index in [0.717, 1.165) is 10.4 Å². The highest BCUT2D eigenvalue weighted by Gasteiger charge is 2.33. The molecule has 2 aromatic carbocycles. The van der Waals surface area contributed by atoms with Gasteiger partial charge >= 0.3 is 0 Å². The van der Waals surface area contributed by atoms with Gasteiger partial charge in [-0.25, -0.2) is 21.6 Å². The monoisotopic (exact) mass is 397 g/mol. The first-order valence-electron chi connectivity index (χ1n) is 8.12. The minimum absolute atomic E-state index is 0.0273. The maximum absolute atomic E-state index is 13.9. The van der Waals surface area contributed by atoms with E-state index in [2.05, 4.69) is 4.98 Å². The number of aromatic nitrogens is 1. The fourth-order valence-corrected chi connectivity index (χ4v) is 4.44. The van der Waals surface area contributed by atoms with E-state index in [1.165, 1.54) is 0 Å². The zero-order valence-corrected chi connectivity index (χ0v) is 14.7. The van der Waals surface area contributed by atoms with Crippen LogP contribution < -0.4 is 4.90 Å². The zero-order valence-electron chi connectivity index (χ0n) is 13.9. The lowest BCUT2D eigenvalue weighted by atomic mass is 10.3. The number of benzene rings is 2. The molecule has 1 saturated heterocycles. The molecule has 142 valence electrons. The number of sulfonamides is 1. The minimum atomic E-state index is -4.29. The third-order valence-corrected chi connectivity index (χ3v) is 6.33. The predicted molar refractivity (Wildman–Crippen MR) is 91.3 cm³/mol. The Labute approximate surface area is 152 Å². The van der Waals surface area contributed by atoms with Crippen molar-refractivity contribution in [1.29, 1.82) is 0 Å². The number of hydrogen-bond donors (Lipinski definition) is 0. The molecule has 10 heteroatoms. The topological polar surface area (TPSA) is 66.7 Å². The van der Waals surface area contributed by atoms with Gasteiger partial charge in [-0.1, -0.05) is 12.1 Å². The van der Waals surface area contributed by atoms with E-state index in [1.54, 1.807) is 17.0 Å². The lowest BCUT2D eigenvalue weighted by Crippen LogP contribution is -2.49. The molecule has 27 heavy (non-hydrogen) atoms. The van der Waals surface area contributed by atoms with Crippen LogP contribution in [0.5, 0.6) is 0 Å². The molecule has 0 radical (unpaired) electrons. The number of nitrogens with zero attached hydrogens (tertiary/aromatic N) is 3. The van der Waals surface area contributed by atoms with Gasteiger partial charge in [-0.15, -0.1) is 0 Å². The molecule has 1 fully saturated rings. The van der Waals surface area contributed by atoms with Crippen LogP contribution in [0.25, 0.3) is 11.1 Å². The smallest absolute Gasteiger partial charge is 0.298 e. The quantitative estimate of drug-likeness (QED) is 0.636. The summed E-state index contributed by atoms with van der Waals surface area (Å²) in [6.07, 6.45) is 0. The molecule has 0 N–H and O–H groups in total. The molecule has 0 saturated carbocycles. The van der Waals surface area contributed by atoms with Crippen LogP contribution >= 0.6 is 0 Å². The van der Waals surface area contributed by atoms with Gasteiger partial charge in [-0.05, 0) is 24.3 Å². The molecule has 0 amide bonds. The molecular weight excluding hydrogens is 383 g/mol. The first kappa shape index (κ1) is 17.8.